The summed E-state index contributed by atoms with van der Waals surface area (Å²) in [5.74, 6) is 0. The second kappa shape index (κ2) is 10.3. The van der Waals surface area contributed by atoms with Crippen LogP contribution in [-0.2, 0) is 24.9 Å². The van der Waals surface area contributed by atoms with Gasteiger partial charge >= 0.3 is 11.8 Å². The van der Waals surface area contributed by atoms with Crippen molar-refractivity contribution in [2.24, 2.45) is 12.5 Å². The Morgan fingerprint density at radius 3 is 2.34 bits per heavy atom. The predicted octanol–water partition coefficient (Wildman–Crippen LogP) is 4.37. The SMILES string of the molecule is Cn1c(=O)n(CC(C)(C)C)c2ccc(-c3cc(CN4CCN(C(=O)OC(C)(C)C)CC4)ccc3C#N)nc21. The number of rotatable bonds is 4. The minimum Gasteiger partial charge on any atom is -0.444 e. The van der Waals surface area contributed by atoms with E-state index in [-0.39, 0.29) is 17.2 Å². The minimum absolute atomic E-state index is 0.0581. The van der Waals surface area contributed by atoms with Crippen molar-refractivity contribution in [1.82, 2.24) is 23.9 Å². The van der Waals surface area contributed by atoms with E-state index in [1.807, 2.05) is 51.1 Å². The van der Waals surface area contributed by atoms with Gasteiger partial charge in [-0.25, -0.2) is 14.6 Å². The fourth-order valence-electron chi connectivity index (χ4n) is 4.72. The van der Waals surface area contributed by atoms with Crippen LogP contribution in [0.3, 0.4) is 0 Å². The maximum atomic E-state index is 12.9. The van der Waals surface area contributed by atoms with Crippen LogP contribution in [0.4, 0.5) is 4.79 Å². The molecule has 0 radical (unpaired) electrons. The molecule has 9 nitrogen and oxygen atoms in total. The highest BCUT2D eigenvalue weighted by Gasteiger charge is 2.26. The first-order valence-electron chi connectivity index (χ1n) is 13.1. The van der Waals surface area contributed by atoms with Crippen LogP contribution in [-0.4, -0.2) is 61.8 Å². The van der Waals surface area contributed by atoms with Crippen LogP contribution >= 0.6 is 0 Å². The van der Waals surface area contributed by atoms with Crippen molar-refractivity contribution in [3.63, 3.8) is 0 Å². The number of imidazole rings is 1. The Balaban J connectivity index is 1.56. The van der Waals surface area contributed by atoms with E-state index in [0.717, 1.165) is 29.7 Å². The Labute approximate surface area is 224 Å². The number of amides is 1. The Morgan fingerprint density at radius 1 is 1.05 bits per heavy atom. The first-order chi connectivity index (χ1) is 17.8. The summed E-state index contributed by atoms with van der Waals surface area (Å²) in [4.78, 5) is 34.2. The Hall–Kier alpha value is -3.64. The molecule has 0 N–H and O–H groups in total. The van der Waals surface area contributed by atoms with Gasteiger partial charge in [-0.1, -0.05) is 26.8 Å². The molecule has 38 heavy (non-hydrogen) atoms. The number of pyridine rings is 1. The second-order valence-electron chi connectivity index (χ2n) is 12.3. The number of aryl methyl sites for hydroxylation is 1. The number of ether oxygens (including phenoxy) is 1. The van der Waals surface area contributed by atoms with Crippen LogP contribution in [0, 0.1) is 16.7 Å². The van der Waals surface area contributed by atoms with Crippen molar-refractivity contribution < 1.29 is 9.53 Å². The molecule has 202 valence electrons. The van der Waals surface area contributed by atoms with Gasteiger partial charge in [0, 0.05) is 51.9 Å². The Bertz CT molecular complexity index is 1440. The normalized spacial score (nSPS) is 15.1. The van der Waals surface area contributed by atoms with Crippen LogP contribution in [0.15, 0.2) is 35.1 Å². The molecule has 3 heterocycles. The van der Waals surface area contributed by atoms with E-state index in [1.165, 1.54) is 0 Å². The van der Waals surface area contributed by atoms with Gasteiger partial charge in [0.05, 0.1) is 22.8 Å². The number of aromatic nitrogens is 3. The van der Waals surface area contributed by atoms with Crippen molar-refractivity contribution >= 4 is 17.3 Å². The van der Waals surface area contributed by atoms with E-state index in [2.05, 4.69) is 31.7 Å². The smallest absolute Gasteiger partial charge is 0.410 e. The molecule has 4 rings (SSSR count). The van der Waals surface area contributed by atoms with Gasteiger partial charge in [-0.05, 0) is 56.0 Å². The topological polar surface area (TPSA) is 96.4 Å². The number of hydrogen-bond donors (Lipinski definition) is 0. The van der Waals surface area contributed by atoms with Gasteiger partial charge in [0.1, 0.15) is 5.60 Å². The van der Waals surface area contributed by atoms with E-state index < -0.39 is 5.60 Å². The van der Waals surface area contributed by atoms with Crippen molar-refractivity contribution in [3.8, 4) is 17.3 Å². The van der Waals surface area contributed by atoms with Gasteiger partial charge < -0.3 is 9.64 Å². The summed E-state index contributed by atoms with van der Waals surface area (Å²) in [6.45, 7) is 15.9. The molecule has 0 aliphatic carbocycles. The molecule has 1 amide bonds. The van der Waals surface area contributed by atoms with Gasteiger partial charge in [0.2, 0.25) is 0 Å². The zero-order valence-electron chi connectivity index (χ0n) is 23.5. The van der Waals surface area contributed by atoms with E-state index in [4.69, 9.17) is 9.72 Å². The Kier molecular flexibility index (Phi) is 7.39. The molecule has 1 aromatic carbocycles. The lowest BCUT2D eigenvalue weighted by Crippen LogP contribution is -2.49. The third-order valence-electron chi connectivity index (χ3n) is 6.52. The molecular weight excluding hydrogens is 480 g/mol. The molecule has 1 fully saturated rings. The van der Waals surface area contributed by atoms with E-state index in [1.54, 1.807) is 21.1 Å². The van der Waals surface area contributed by atoms with Gasteiger partial charge in [-0.15, -0.1) is 0 Å². The quantitative estimate of drug-likeness (QED) is 0.509. The predicted molar refractivity (Wildman–Crippen MR) is 148 cm³/mol. The Morgan fingerprint density at radius 2 is 1.74 bits per heavy atom. The molecule has 1 saturated heterocycles. The second-order valence-corrected chi connectivity index (χ2v) is 12.3. The average Bonchev–Trinajstić information content (AvgIpc) is 3.06. The molecule has 9 heteroatoms. The van der Waals surface area contributed by atoms with E-state index in [0.29, 0.717) is 43.1 Å². The first kappa shape index (κ1) is 27.4. The number of nitriles is 1. The highest BCUT2D eigenvalue weighted by Crippen LogP contribution is 2.27. The largest absolute Gasteiger partial charge is 0.444 e. The molecule has 0 spiro atoms. The molecule has 3 aromatic rings. The number of fused-ring (bicyclic) bond motifs is 1. The third kappa shape index (κ3) is 6.08. The maximum Gasteiger partial charge on any atom is 0.410 e. The van der Waals surface area contributed by atoms with Gasteiger partial charge in [0.15, 0.2) is 5.65 Å². The number of hydrogen-bond acceptors (Lipinski definition) is 6. The summed E-state index contributed by atoms with van der Waals surface area (Å²) in [5, 5.41) is 9.80. The fourth-order valence-corrected chi connectivity index (χ4v) is 4.72. The number of carbonyl (C=O) groups excluding carboxylic acids is 1. The molecule has 2 aromatic heterocycles. The van der Waals surface area contributed by atoms with E-state index >= 15 is 0 Å². The molecule has 0 unspecified atom stereocenters. The number of carbonyl (C=O) groups is 1. The van der Waals surface area contributed by atoms with Crippen molar-refractivity contribution in [1.29, 1.82) is 5.26 Å². The number of piperazine rings is 1. The van der Waals surface area contributed by atoms with Crippen LogP contribution in [0.2, 0.25) is 0 Å². The summed E-state index contributed by atoms with van der Waals surface area (Å²) < 4.78 is 8.84. The maximum absolute atomic E-state index is 12.9. The zero-order chi connectivity index (χ0) is 27.8. The molecule has 1 aliphatic rings. The van der Waals surface area contributed by atoms with Crippen LogP contribution in [0.5, 0.6) is 0 Å². The summed E-state index contributed by atoms with van der Waals surface area (Å²) in [6, 6.07) is 11.9. The molecule has 0 bridgehead atoms. The van der Waals surface area contributed by atoms with Crippen LogP contribution in [0.25, 0.3) is 22.4 Å². The van der Waals surface area contributed by atoms with Crippen LogP contribution in [0.1, 0.15) is 52.7 Å². The fraction of sp³-hybridized carbons (Fsp3) is 0.517. The van der Waals surface area contributed by atoms with Crippen molar-refractivity contribution in [2.45, 2.75) is 60.2 Å². The summed E-state index contributed by atoms with van der Waals surface area (Å²) >= 11 is 0. The summed E-state index contributed by atoms with van der Waals surface area (Å²) in [5.41, 5.74) is 3.73. The molecule has 0 atom stereocenters. The lowest BCUT2D eigenvalue weighted by atomic mass is 9.97. The van der Waals surface area contributed by atoms with Gasteiger partial charge in [-0.3, -0.25) is 14.0 Å². The lowest BCUT2D eigenvalue weighted by molar-refractivity contribution is 0.0139. The zero-order valence-corrected chi connectivity index (χ0v) is 23.5. The average molecular weight is 519 g/mol. The number of benzene rings is 1. The highest BCUT2D eigenvalue weighted by molar-refractivity contribution is 5.78. The van der Waals surface area contributed by atoms with Gasteiger partial charge in [-0.2, -0.15) is 5.26 Å². The third-order valence-corrected chi connectivity index (χ3v) is 6.52. The highest BCUT2D eigenvalue weighted by atomic mass is 16.6. The molecule has 1 aliphatic heterocycles. The van der Waals surface area contributed by atoms with E-state index in [9.17, 15) is 14.9 Å². The number of nitrogens with zero attached hydrogens (tertiary/aromatic N) is 6. The molecular formula is C29H38N6O3. The standard InChI is InChI=1S/C29H38N6O3/c1-28(2,3)19-35-24-11-10-23(31-25(24)32(7)26(35)36)22-16-20(8-9-21(22)17-30)18-33-12-14-34(15-13-33)27(37)38-29(4,5)6/h8-11,16H,12-15,18-19H2,1-7H3. The minimum atomic E-state index is -0.508. The van der Waals surface area contributed by atoms with Gasteiger partial charge in [0.25, 0.3) is 0 Å². The van der Waals surface area contributed by atoms with Crippen molar-refractivity contribution in [3.05, 3.63) is 51.9 Å². The van der Waals surface area contributed by atoms with Crippen LogP contribution < -0.4 is 5.69 Å². The summed E-state index contributed by atoms with van der Waals surface area (Å²) in [6.07, 6.45) is -0.273. The summed E-state index contributed by atoms with van der Waals surface area (Å²) in [7, 11) is 1.74. The lowest BCUT2D eigenvalue weighted by Gasteiger charge is -2.35. The molecule has 0 saturated carbocycles. The first-order valence-corrected chi connectivity index (χ1v) is 13.1. The monoisotopic (exact) mass is 518 g/mol. The van der Waals surface area contributed by atoms with Crippen molar-refractivity contribution in [2.75, 3.05) is 26.2 Å².